The molecule has 0 radical (unpaired) electrons. The van der Waals surface area contributed by atoms with Crippen LogP contribution in [0.15, 0.2) is 35.1 Å². The predicted molar refractivity (Wildman–Crippen MR) is 57.3 cm³/mol. The lowest BCUT2D eigenvalue weighted by Crippen LogP contribution is -2.25. The van der Waals surface area contributed by atoms with Crippen molar-refractivity contribution < 1.29 is 9.57 Å². The fourth-order valence-electron chi connectivity index (χ4n) is 1.53. The Morgan fingerprint density at radius 2 is 1.93 bits per heavy atom. The largest absolute Gasteiger partial charge is 0.491 e. The Hall–Kier alpha value is -1.97. The van der Waals surface area contributed by atoms with Crippen LogP contribution in [-0.4, -0.2) is 19.0 Å². The highest BCUT2D eigenvalue weighted by Gasteiger charge is 2.08. The van der Waals surface area contributed by atoms with Gasteiger partial charge in [-0.05, 0) is 12.1 Å². The van der Waals surface area contributed by atoms with Crippen LogP contribution in [0.25, 0.3) is 10.9 Å². The molecule has 0 aliphatic heterocycles. The highest BCUT2D eigenvalue weighted by Crippen LogP contribution is 2.15. The van der Waals surface area contributed by atoms with Crippen molar-refractivity contribution in [2.24, 2.45) is 0 Å². The van der Waals surface area contributed by atoms with E-state index in [0.29, 0.717) is 0 Å². The van der Waals surface area contributed by atoms with Gasteiger partial charge >= 0.3 is 5.56 Å². The van der Waals surface area contributed by atoms with Gasteiger partial charge in [0.1, 0.15) is 7.11 Å². The highest BCUT2D eigenvalue weighted by atomic mass is 16.7. The summed E-state index contributed by atoms with van der Waals surface area (Å²) in [4.78, 5) is 16.8. The molecule has 1 heterocycles. The molecule has 2 aromatic rings. The predicted octanol–water partition coefficient (Wildman–Crippen LogP) is 1.07. The first-order chi connectivity index (χ1) is 7.27. The minimum absolute atomic E-state index is 0.274. The molecule has 0 N–H and O–H groups in total. The lowest BCUT2D eigenvalue weighted by Gasteiger charge is -2.09. The van der Waals surface area contributed by atoms with Gasteiger partial charge in [0, 0.05) is 5.39 Å². The molecule has 78 valence electrons. The third kappa shape index (κ3) is 1.44. The first kappa shape index (κ1) is 9.58. The molecule has 0 atom stereocenters. The molecule has 0 unspecified atom stereocenters. The second kappa shape index (κ2) is 3.65. The van der Waals surface area contributed by atoms with E-state index >= 15 is 0 Å². The van der Waals surface area contributed by atoms with Crippen LogP contribution < -0.4 is 15.1 Å². The van der Waals surface area contributed by atoms with E-state index in [1.807, 2.05) is 24.3 Å². The smallest absolute Gasteiger partial charge is 0.325 e. The zero-order valence-corrected chi connectivity index (χ0v) is 8.56. The van der Waals surface area contributed by atoms with Crippen LogP contribution in [-0.2, 0) is 0 Å². The number of benzene rings is 1. The third-order valence-electron chi connectivity index (χ3n) is 2.24. The van der Waals surface area contributed by atoms with Crippen molar-refractivity contribution in [2.45, 2.75) is 0 Å². The fraction of sp³-hybridized carbons (Fsp3) is 0.182. The topological polar surface area (TPSA) is 40.5 Å². The van der Waals surface area contributed by atoms with Crippen molar-refractivity contribution in [3.8, 4) is 5.75 Å². The molecule has 4 nitrogen and oxygen atoms in total. The van der Waals surface area contributed by atoms with Gasteiger partial charge in [0.05, 0.1) is 12.6 Å². The van der Waals surface area contributed by atoms with Crippen molar-refractivity contribution in [1.82, 2.24) is 4.73 Å². The average Bonchev–Trinajstić information content (AvgIpc) is 2.28. The van der Waals surface area contributed by atoms with E-state index in [-0.39, 0.29) is 11.3 Å². The highest BCUT2D eigenvalue weighted by molar-refractivity contribution is 5.79. The monoisotopic (exact) mass is 205 g/mol. The molecule has 0 amide bonds. The summed E-state index contributed by atoms with van der Waals surface area (Å²) in [6.45, 7) is 0. The number of nitrogens with zero attached hydrogens (tertiary/aromatic N) is 1. The van der Waals surface area contributed by atoms with Gasteiger partial charge < -0.3 is 9.57 Å². The average molecular weight is 205 g/mol. The fourth-order valence-corrected chi connectivity index (χ4v) is 1.53. The maximum atomic E-state index is 11.8. The molecule has 2 rings (SSSR count). The molecule has 0 spiro atoms. The Morgan fingerprint density at radius 1 is 1.20 bits per heavy atom. The maximum Gasteiger partial charge on any atom is 0.325 e. The number of aromatic nitrogens is 1. The Bertz CT molecular complexity index is 545. The third-order valence-corrected chi connectivity index (χ3v) is 2.24. The van der Waals surface area contributed by atoms with Gasteiger partial charge in [-0.2, -0.15) is 0 Å². The van der Waals surface area contributed by atoms with Crippen LogP contribution in [0.2, 0.25) is 0 Å². The maximum absolute atomic E-state index is 11.8. The number of hydrogen-bond acceptors (Lipinski definition) is 3. The van der Waals surface area contributed by atoms with Gasteiger partial charge in [0.15, 0.2) is 5.75 Å². The Morgan fingerprint density at radius 3 is 2.60 bits per heavy atom. The normalized spacial score (nSPS) is 10.3. The van der Waals surface area contributed by atoms with E-state index in [0.717, 1.165) is 10.9 Å². The van der Waals surface area contributed by atoms with Crippen molar-refractivity contribution in [3.05, 3.63) is 40.7 Å². The van der Waals surface area contributed by atoms with Crippen molar-refractivity contribution in [3.63, 3.8) is 0 Å². The van der Waals surface area contributed by atoms with E-state index in [4.69, 9.17) is 9.57 Å². The molecule has 0 saturated heterocycles. The van der Waals surface area contributed by atoms with Gasteiger partial charge in [-0.1, -0.05) is 18.2 Å². The van der Waals surface area contributed by atoms with Gasteiger partial charge in [-0.3, -0.25) is 4.79 Å². The quantitative estimate of drug-likeness (QED) is 0.736. The van der Waals surface area contributed by atoms with E-state index in [9.17, 15) is 4.79 Å². The van der Waals surface area contributed by atoms with Crippen LogP contribution in [0.3, 0.4) is 0 Å². The second-order valence-electron chi connectivity index (χ2n) is 3.05. The molecule has 0 fully saturated rings. The van der Waals surface area contributed by atoms with E-state index in [1.54, 1.807) is 6.07 Å². The zero-order chi connectivity index (χ0) is 10.8. The van der Waals surface area contributed by atoms with E-state index < -0.39 is 0 Å². The molecule has 4 heteroatoms. The van der Waals surface area contributed by atoms with Crippen LogP contribution in [0.1, 0.15) is 0 Å². The molecule has 0 bridgehead atoms. The number of ether oxygens (including phenoxy) is 1. The molecule has 1 aromatic heterocycles. The van der Waals surface area contributed by atoms with E-state index in [1.165, 1.54) is 19.0 Å². The lowest BCUT2D eigenvalue weighted by atomic mass is 10.2. The van der Waals surface area contributed by atoms with Crippen LogP contribution in [0.5, 0.6) is 5.75 Å². The van der Waals surface area contributed by atoms with E-state index in [2.05, 4.69) is 0 Å². The number of fused-ring (bicyclic) bond motifs is 1. The summed E-state index contributed by atoms with van der Waals surface area (Å²) in [6.07, 6.45) is 0. The number of pyridine rings is 1. The van der Waals surface area contributed by atoms with Gasteiger partial charge in [-0.15, -0.1) is 4.73 Å². The molecule has 0 saturated carbocycles. The molecule has 1 aromatic carbocycles. The Labute approximate surface area is 86.6 Å². The van der Waals surface area contributed by atoms with Crippen molar-refractivity contribution >= 4 is 10.9 Å². The van der Waals surface area contributed by atoms with Gasteiger partial charge in [-0.25, -0.2) is 0 Å². The summed E-state index contributed by atoms with van der Waals surface area (Å²) in [7, 11) is 2.92. The Balaban J connectivity index is 2.90. The number of rotatable bonds is 2. The minimum Gasteiger partial charge on any atom is -0.491 e. The minimum atomic E-state index is -0.293. The van der Waals surface area contributed by atoms with Crippen LogP contribution >= 0.6 is 0 Å². The molecular weight excluding hydrogens is 194 g/mol. The molecular formula is C11H11NO3. The van der Waals surface area contributed by atoms with Crippen molar-refractivity contribution in [1.29, 1.82) is 0 Å². The number of para-hydroxylation sites is 1. The summed E-state index contributed by atoms with van der Waals surface area (Å²) in [6, 6.07) is 9.16. The summed E-state index contributed by atoms with van der Waals surface area (Å²) < 4.78 is 6.20. The summed E-state index contributed by atoms with van der Waals surface area (Å²) in [5.41, 5.74) is 0.435. The standard InChI is InChI=1S/C11H11NO3/c1-14-10-7-8-5-3-4-6-9(8)12(15-2)11(10)13/h3-7H,1-2H3. The molecule has 0 aliphatic carbocycles. The second-order valence-corrected chi connectivity index (χ2v) is 3.05. The van der Waals surface area contributed by atoms with Crippen LogP contribution in [0.4, 0.5) is 0 Å². The van der Waals surface area contributed by atoms with Crippen molar-refractivity contribution in [2.75, 3.05) is 14.2 Å². The first-order valence-electron chi connectivity index (χ1n) is 4.51. The summed E-state index contributed by atoms with van der Waals surface area (Å²) in [5.74, 6) is 0.274. The van der Waals surface area contributed by atoms with Gasteiger partial charge in [0.25, 0.3) is 0 Å². The summed E-state index contributed by atoms with van der Waals surface area (Å²) in [5, 5.41) is 0.899. The SMILES string of the molecule is COc1cc2ccccc2n(OC)c1=O. The molecule has 0 aliphatic rings. The summed E-state index contributed by atoms with van der Waals surface area (Å²) >= 11 is 0. The lowest BCUT2D eigenvalue weighted by molar-refractivity contribution is 0.165. The van der Waals surface area contributed by atoms with Crippen LogP contribution in [0, 0.1) is 0 Å². The van der Waals surface area contributed by atoms with Gasteiger partial charge in [0.2, 0.25) is 0 Å². The number of hydrogen-bond donors (Lipinski definition) is 0. The zero-order valence-electron chi connectivity index (χ0n) is 8.56. The molecule has 15 heavy (non-hydrogen) atoms. The number of methoxy groups -OCH3 is 1. The first-order valence-corrected chi connectivity index (χ1v) is 4.51. The Kier molecular flexibility index (Phi) is 2.33.